The largest absolute Gasteiger partial charge is 0.457 e. The van der Waals surface area contributed by atoms with Gasteiger partial charge < -0.3 is 9.47 Å². The number of halogens is 4. The molecule has 2 heterocycles. The van der Waals surface area contributed by atoms with E-state index in [2.05, 4.69) is 13.8 Å². The van der Waals surface area contributed by atoms with Crippen molar-refractivity contribution >= 4 is 81.4 Å². The molecule has 0 saturated heterocycles. The number of amides is 4. The lowest BCUT2D eigenvalue weighted by Gasteiger charge is -2.26. The molecule has 8 rings (SSSR count). The van der Waals surface area contributed by atoms with Crippen molar-refractivity contribution in [1.29, 1.82) is 0 Å². The minimum absolute atomic E-state index is 0.227. The van der Waals surface area contributed by atoms with Crippen molar-refractivity contribution in [1.82, 2.24) is 0 Å². The molecule has 2 aliphatic heterocycles. The molecular formula is C43H26Cl4N2O6. The Morgan fingerprint density at radius 2 is 0.745 bits per heavy atom. The fourth-order valence-electron chi connectivity index (χ4n) is 6.60. The highest BCUT2D eigenvalue weighted by Gasteiger charge is 2.38. The molecule has 0 unspecified atom stereocenters. The molecule has 2 aliphatic rings. The number of benzene rings is 6. The Morgan fingerprint density at radius 3 is 1.11 bits per heavy atom. The lowest BCUT2D eigenvalue weighted by molar-refractivity contribution is 0.0910. The molecule has 0 aromatic heterocycles. The molecule has 12 heteroatoms. The van der Waals surface area contributed by atoms with Gasteiger partial charge in [0.05, 0.1) is 53.7 Å². The predicted molar refractivity (Wildman–Crippen MR) is 213 cm³/mol. The van der Waals surface area contributed by atoms with Gasteiger partial charge in [0.25, 0.3) is 23.6 Å². The van der Waals surface area contributed by atoms with Crippen LogP contribution in [-0.4, -0.2) is 23.6 Å². The van der Waals surface area contributed by atoms with Gasteiger partial charge in [0, 0.05) is 5.41 Å². The summed E-state index contributed by atoms with van der Waals surface area (Å²) in [5.41, 5.74) is 3.28. The van der Waals surface area contributed by atoms with Crippen LogP contribution in [0, 0.1) is 0 Å². The lowest BCUT2D eigenvalue weighted by atomic mass is 9.78. The normalized spacial score (nSPS) is 13.7. The Bertz CT molecular complexity index is 2430. The molecule has 8 nitrogen and oxygen atoms in total. The zero-order valence-electron chi connectivity index (χ0n) is 28.9. The summed E-state index contributed by atoms with van der Waals surface area (Å²) in [7, 11) is 0. The number of imide groups is 2. The third-order valence-corrected chi connectivity index (χ3v) is 11.1. The van der Waals surface area contributed by atoms with E-state index in [0.29, 0.717) is 44.4 Å². The van der Waals surface area contributed by atoms with Crippen LogP contribution in [0.2, 0.25) is 20.1 Å². The average Bonchev–Trinajstić information content (AvgIpc) is 3.57. The van der Waals surface area contributed by atoms with Crippen LogP contribution >= 0.6 is 46.4 Å². The topological polar surface area (TPSA) is 93.2 Å². The van der Waals surface area contributed by atoms with Crippen molar-refractivity contribution in [2.24, 2.45) is 0 Å². The molecule has 0 spiro atoms. The van der Waals surface area contributed by atoms with Gasteiger partial charge >= 0.3 is 0 Å². The van der Waals surface area contributed by atoms with Crippen LogP contribution in [0.1, 0.15) is 66.4 Å². The van der Waals surface area contributed by atoms with Crippen LogP contribution in [-0.2, 0) is 5.41 Å². The molecule has 0 bridgehead atoms. The van der Waals surface area contributed by atoms with Gasteiger partial charge in [-0.15, -0.1) is 0 Å². The number of rotatable bonds is 8. The van der Waals surface area contributed by atoms with Gasteiger partial charge in [-0.3, -0.25) is 19.2 Å². The maximum absolute atomic E-state index is 13.3. The number of nitrogens with zero attached hydrogens (tertiary/aromatic N) is 2. The van der Waals surface area contributed by atoms with E-state index in [1.807, 2.05) is 48.5 Å². The highest BCUT2D eigenvalue weighted by molar-refractivity contribution is 6.43. The Kier molecular flexibility index (Phi) is 9.18. The van der Waals surface area contributed by atoms with E-state index in [0.717, 1.165) is 20.9 Å². The zero-order valence-corrected chi connectivity index (χ0v) is 31.9. The first-order valence-corrected chi connectivity index (χ1v) is 18.3. The second-order valence-electron chi connectivity index (χ2n) is 13.4. The number of fused-ring (bicyclic) bond motifs is 2. The molecule has 272 valence electrons. The summed E-state index contributed by atoms with van der Waals surface area (Å²) in [6.07, 6.45) is 0. The molecule has 55 heavy (non-hydrogen) atoms. The summed E-state index contributed by atoms with van der Waals surface area (Å²) in [6, 6.07) is 34.0. The van der Waals surface area contributed by atoms with E-state index in [9.17, 15) is 19.2 Å². The van der Waals surface area contributed by atoms with E-state index in [1.54, 1.807) is 48.5 Å². The number of hydrogen-bond acceptors (Lipinski definition) is 6. The maximum atomic E-state index is 13.3. The highest BCUT2D eigenvalue weighted by atomic mass is 35.5. The van der Waals surface area contributed by atoms with Crippen LogP contribution in [0.3, 0.4) is 0 Å². The fraction of sp³-hybridized carbons (Fsp3) is 0.0698. The Morgan fingerprint density at radius 1 is 0.400 bits per heavy atom. The van der Waals surface area contributed by atoms with Gasteiger partial charge in [-0.1, -0.05) is 84.5 Å². The fourth-order valence-corrected chi connectivity index (χ4v) is 7.19. The molecule has 0 atom stereocenters. The molecule has 0 radical (unpaired) electrons. The SMILES string of the molecule is CC(C)(c1ccc(Oc2ccc3c(c2)C(=O)N(c2ccc(Cl)c(Cl)c2)C3=O)cc1)c1ccc(Oc2ccc3c(c2)C(=O)N(c2ccc(Cl)c(Cl)c2)C3=O)cc1. The second-order valence-corrected chi connectivity index (χ2v) is 15.0. The van der Waals surface area contributed by atoms with Crippen molar-refractivity contribution in [2.45, 2.75) is 19.3 Å². The van der Waals surface area contributed by atoms with E-state index < -0.39 is 29.0 Å². The summed E-state index contributed by atoms with van der Waals surface area (Å²) < 4.78 is 12.2. The van der Waals surface area contributed by atoms with Crippen molar-refractivity contribution < 1.29 is 28.7 Å². The molecule has 4 amide bonds. The van der Waals surface area contributed by atoms with Gasteiger partial charge in [-0.25, -0.2) is 9.80 Å². The molecule has 0 saturated carbocycles. The third kappa shape index (κ3) is 6.51. The first kappa shape index (κ1) is 36.3. The quantitative estimate of drug-likeness (QED) is 0.142. The van der Waals surface area contributed by atoms with E-state index in [1.165, 1.54) is 24.3 Å². The molecule has 6 aromatic carbocycles. The van der Waals surface area contributed by atoms with E-state index in [-0.39, 0.29) is 32.3 Å². The van der Waals surface area contributed by atoms with Gasteiger partial charge in [0.15, 0.2) is 0 Å². The van der Waals surface area contributed by atoms with Crippen molar-refractivity contribution in [2.75, 3.05) is 9.80 Å². The van der Waals surface area contributed by atoms with Crippen molar-refractivity contribution in [3.05, 3.63) is 175 Å². The summed E-state index contributed by atoms with van der Waals surface area (Å²) >= 11 is 24.3. The number of carbonyl (C=O) groups excluding carboxylic acids is 4. The van der Waals surface area contributed by atoms with Crippen molar-refractivity contribution in [3.63, 3.8) is 0 Å². The Balaban J connectivity index is 0.936. The van der Waals surface area contributed by atoms with Gasteiger partial charge in [-0.05, 0) is 108 Å². The third-order valence-electron chi connectivity index (χ3n) is 9.66. The standard InChI is InChI=1S/C43H26Cl4N2O6/c1-43(2,23-3-9-27(10-4-23)54-29-13-15-31-33(21-29)41(52)48(39(31)50)25-7-17-35(44)37(46)19-25)24-5-11-28(12-6-24)55-30-14-16-32-34(22-30)42(53)49(40(32)51)26-8-18-36(45)38(47)20-26/h3-22H,1-2H3. The smallest absolute Gasteiger partial charge is 0.266 e. The minimum Gasteiger partial charge on any atom is -0.457 e. The number of anilines is 2. The molecule has 6 aromatic rings. The van der Waals surface area contributed by atoms with E-state index in [4.69, 9.17) is 55.9 Å². The van der Waals surface area contributed by atoms with Gasteiger partial charge in [0.2, 0.25) is 0 Å². The monoisotopic (exact) mass is 806 g/mol. The average molecular weight is 809 g/mol. The maximum Gasteiger partial charge on any atom is 0.266 e. The summed E-state index contributed by atoms with van der Waals surface area (Å²) in [5, 5.41) is 1.11. The highest BCUT2D eigenvalue weighted by Crippen LogP contribution is 2.39. The second kappa shape index (κ2) is 13.9. The van der Waals surface area contributed by atoms with Gasteiger partial charge in [0.1, 0.15) is 23.0 Å². The summed E-state index contributed by atoms with van der Waals surface area (Å²) in [4.78, 5) is 54.9. The van der Waals surface area contributed by atoms with Crippen LogP contribution < -0.4 is 19.3 Å². The number of ether oxygens (including phenoxy) is 2. The van der Waals surface area contributed by atoms with Crippen LogP contribution in [0.5, 0.6) is 23.0 Å². The van der Waals surface area contributed by atoms with Crippen LogP contribution in [0.25, 0.3) is 0 Å². The molecular weight excluding hydrogens is 782 g/mol. The minimum atomic E-state index is -0.483. The number of carbonyl (C=O) groups is 4. The lowest BCUT2D eigenvalue weighted by Crippen LogP contribution is -2.29. The zero-order chi connectivity index (χ0) is 38.8. The first-order chi connectivity index (χ1) is 26.3. The summed E-state index contributed by atoms with van der Waals surface area (Å²) in [5.74, 6) is 0.0346. The van der Waals surface area contributed by atoms with Crippen LogP contribution in [0.15, 0.2) is 121 Å². The molecule has 0 aliphatic carbocycles. The molecule has 0 N–H and O–H groups in total. The first-order valence-electron chi connectivity index (χ1n) is 16.8. The molecule has 0 fully saturated rings. The van der Waals surface area contributed by atoms with Crippen LogP contribution in [0.4, 0.5) is 11.4 Å². The Hall–Kier alpha value is -5.64. The number of hydrogen-bond donors (Lipinski definition) is 0. The van der Waals surface area contributed by atoms with Crippen molar-refractivity contribution in [3.8, 4) is 23.0 Å². The van der Waals surface area contributed by atoms with E-state index >= 15 is 0 Å². The Labute approximate surface area is 335 Å². The van der Waals surface area contributed by atoms with Gasteiger partial charge in [-0.2, -0.15) is 0 Å². The predicted octanol–water partition coefficient (Wildman–Crippen LogP) is 11.8. The summed E-state index contributed by atoms with van der Waals surface area (Å²) in [6.45, 7) is 4.20.